The van der Waals surface area contributed by atoms with E-state index in [1.165, 1.54) is 23.4 Å². The van der Waals surface area contributed by atoms with Gasteiger partial charge in [0.25, 0.3) is 5.91 Å². The second-order valence-electron chi connectivity index (χ2n) is 7.20. The molecule has 0 N–H and O–H groups in total. The number of thioether (sulfide) groups is 1. The van der Waals surface area contributed by atoms with Gasteiger partial charge in [0.05, 0.1) is 11.4 Å². The Morgan fingerprint density at radius 1 is 1.03 bits per heavy atom. The fourth-order valence-corrected chi connectivity index (χ4v) is 4.36. The molecule has 6 heteroatoms. The van der Waals surface area contributed by atoms with Crippen molar-refractivity contribution < 1.29 is 13.9 Å². The van der Waals surface area contributed by atoms with Gasteiger partial charge in [0, 0.05) is 5.56 Å². The van der Waals surface area contributed by atoms with Crippen molar-refractivity contribution in [3.63, 3.8) is 0 Å². The molecule has 3 nitrogen and oxygen atoms in total. The number of carbonyl (C=O) groups is 1. The van der Waals surface area contributed by atoms with Gasteiger partial charge >= 0.3 is 0 Å². The Morgan fingerprint density at radius 3 is 2.45 bits per heavy atom. The van der Waals surface area contributed by atoms with Crippen LogP contribution < -0.4 is 4.74 Å². The zero-order valence-corrected chi connectivity index (χ0v) is 18.5. The molecule has 1 fully saturated rings. The zero-order valence-electron chi connectivity index (χ0n) is 16.9. The van der Waals surface area contributed by atoms with Gasteiger partial charge < -0.3 is 4.74 Å². The Kier molecular flexibility index (Phi) is 6.49. The Balaban J connectivity index is 1.41. The molecule has 1 heterocycles. The van der Waals surface area contributed by atoms with Crippen molar-refractivity contribution in [2.24, 2.45) is 0 Å². The minimum absolute atomic E-state index is 0.0875. The Bertz CT molecular complexity index is 1140. The number of nitrogens with zero attached hydrogens (tertiary/aromatic N) is 1. The number of hydrogen-bond donors (Lipinski definition) is 0. The van der Waals surface area contributed by atoms with Gasteiger partial charge in [-0.05, 0) is 42.3 Å². The number of amides is 1. The van der Waals surface area contributed by atoms with E-state index in [2.05, 4.69) is 0 Å². The van der Waals surface area contributed by atoms with Crippen LogP contribution in [0.4, 0.5) is 4.39 Å². The number of carbonyl (C=O) groups excluding carboxylic acids is 1. The van der Waals surface area contributed by atoms with E-state index in [4.69, 9.17) is 17.0 Å². The molecule has 1 saturated heterocycles. The summed E-state index contributed by atoms with van der Waals surface area (Å²) < 4.78 is 19.9. The normalized spacial score (nSPS) is 15.0. The maximum absolute atomic E-state index is 13.7. The van der Waals surface area contributed by atoms with Gasteiger partial charge in [-0.15, -0.1) is 0 Å². The number of ether oxygens (including phenoxy) is 1. The molecule has 4 rings (SSSR count). The van der Waals surface area contributed by atoms with Gasteiger partial charge in [0.2, 0.25) is 0 Å². The third kappa shape index (κ3) is 5.21. The summed E-state index contributed by atoms with van der Waals surface area (Å²) in [6, 6.07) is 22.0. The average Bonchev–Trinajstić information content (AvgIpc) is 3.03. The van der Waals surface area contributed by atoms with E-state index in [9.17, 15) is 9.18 Å². The summed E-state index contributed by atoms with van der Waals surface area (Å²) in [6.45, 7) is 2.65. The van der Waals surface area contributed by atoms with Crippen molar-refractivity contribution in [2.45, 2.75) is 20.1 Å². The molecule has 0 unspecified atom stereocenters. The molecule has 0 aromatic heterocycles. The number of aryl methyl sites for hydroxylation is 1. The molecule has 0 spiro atoms. The van der Waals surface area contributed by atoms with Crippen LogP contribution in [0.15, 0.2) is 77.7 Å². The van der Waals surface area contributed by atoms with Crippen LogP contribution in [-0.2, 0) is 17.9 Å². The minimum atomic E-state index is -0.285. The summed E-state index contributed by atoms with van der Waals surface area (Å²) in [5.74, 6) is 0.259. The first-order chi connectivity index (χ1) is 15.0. The Hall–Kier alpha value is -2.96. The molecule has 0 saturated carbocycles. The first kappa shape index (κ1) is 21.3. The average molecular weight is 450 g/mol. The highest BCUT2D eigenvalue weighted by Gasteiger charge is 2.31. The Morgan fingerprint density at radius 2 is 1.74 bits per heavy atom. The van der Waals surface area contributed by atoms with E-state index in [0.29, 0.717) is 27.1 Å². The van der Waals surface area contributed by atoms with Crippen molar-refractivity contribution in [3.05, 3.63) is 106 Å². The lowest BCUT2D eigenvalue weighted by atomic mass is 10.1. The van der Waals surface area contributed by atoms with Crippen LogP contribution in [-0.4, -0.2) is 15.1 Å². The fourth-order valence-electron chi connectivity index (χ4n) is 3.10. The van der Waals surface area contributed by atoms with Crippen molar-refractivity contribution >= 4 is 40.3 Å². The summed E-state index contributed by atoms with van der Waals surface area (Å²) in [5, 5.41) is 0. The Labute approximate surface area is 190 Å². The van der Waals surface area contributed by atoms with E-state index < -0.39 is 0 Å². The second-order valence-corrected chi connectivity index (χ2v) is 8.88. The van der Waals surface area contributed by atoms with Crippen LogP contribution in [0.3, 0.4) is 0 Å². The number of thiocarbonyl (C=S) groups is 1. The smallest absolute Gasteiger partial charge is 0.266 e. The number of halogens is 1. The van der Waals surface area contributed by atoms with E-state index in [0.717, 1.165) is 11.1 Å². The van der Waals surface area contributed by atoms with E-state index in [1.807, 2.05) is 49.4 Å². The van der Waals surface area contributed by atoms with Crippen molar-refractivity contribution in [3.8, 4) is 5.75 Å². The summed E-state index contributed by atoms with van der Waals surface area (Å²) in [7, 11) is 0. The molecule has 3 aromatic carbocycles. The molecular weight excluding hydrogens is 429 g/mol. The van der Waals surface area contributed by atoms with Crippen molar-refractivity contribution in [1.29, 1.82) is 0 Å². The molecule has 0 atom stereocenters. The fraction of sp³-hybridized carbons (Fsp3) is 0.120. The molecule has 0 bridgehead atoms. The highest BCUT2D eigenvalue weighted by molar-refractivity contribution is 8.26. The molecule has 1 aliphatic rings. The molecular formula is C25H20FNO2S2. The third-order valence-corrected chi connectivity index (χ3v) is 6.24. The van der Waals surface area contributed by atoms with Crippen molar-refractivity contribution in [2.75, 3.05) is 0 Å². The SMILES string of the molecule is Cc1ccc(CN2C(=O)C(=Cc3ccc(OCc4ccccc4F)cc3)SC2=S)cc1. The molecule has 0 radical (unpaired) electrons. The molecule has 1 amide bonds. The van der Waals surface area contributed by atoms with Gasteiger partial charge in [0.15, 0.2) is 0 Å². The van der Waals surface area contributed by atoms with E-state index in [-0.39, 0.29) is 18.3 Å². The molecule has 1 aliphatic heterocycles. The second kappa shape index (κ2) is 9.45. The monoisotopic (exact) mass is 449 g/mol. The summed E-state index contributed by atoms with van der Waals surface area (Å²) in [6.07, 6.45) is 1.83. The van der Waals surface area contributed by atoms with Gasteiger partial charge in [-0.25, -0.2) is 4.39 Å². The van der Waals surface area contributed by atoms with E-state index >= 15 is 0 Å². The molecule has 156 valence electrons. The first-order valence-corrected chi connectivity index (χ1v) is 11.0. The van der Waals surface area contributed by atoms with Crippen LogP contribution in [0, 0.1) is 12.7 Å². The quantitative estimate of drug-likeness (QED) is 0.335. The predicted molar refractivity (Wildman–Crippen MR) is 127 cm³/mol. The number of hydrogen-bond acceptors (Lipinski definition) is 4. The maximum Gasteiger partial charge on any atom is 0.266 e. The minimum Gasteiger partial charge on any atom is -0.489 e. The molecule has 31 heavy (non-hydrogen) atoms. The number of rotatable bonds is 6. The zero-order chi connectivity index (χ0) is 21.8. The van der Waals surface area contributed by atoms with Crippen molar-refractivity contribution in [1.82, 2.24) is 4.90 Å². The highest BCUT2D eigenvalue weighted by atomic mass is 32.2. The van der Waals surface area contributed by atoms with Crippen LogP contribution in [0.25, 0.3) is 6.08 Å². The van der Waals surface area contributed by atoms with Crippen LogP contribution in [0.2, 0.25) is 0 Å². The summed E-state index contributed by atoms with van der Waals surface area (Å²) in [4.78, 5) is 15.1. The van der Waals surface area contributed by atoms with Crippen LogP contribution >= 0.6 is 24.0 Å². The standard InChI is InChI=1S/C25H20FNO2S2/c1-17-6-8-19(9-7-17)15-27-24(28)23(31-25(27)30)14-18-10-12-21(13-11-18)29-16-20-4-2-3-5-22(20)26/h2-14H,15-16H2,1H3. The van der Waals surface area contributed by atoms with Gasteiger partial charge in [-0.3, -0.25) is 9.69 Å². The maximum atomic E-state index is 13.7. The molecule has 0 aliphatic carbocycles. The lowest BCUT2D eigenvalue weighted by Gasteiger charge is -2.14. The van der Waals surface area contributed by atoms with Gasteiger partial charge in [-0.1, -0.05) is 84.1 Å². The van der Waals surface area contributed by atoms with Gasteiger partial charge in [-0.2, -0.15) is 0 Å². The third-order valence-electron chi connectivity index (χ3n) is 4.86. The lowest BCUT2D eigenvalue weighted by Crippen LogP contribution is -2.27. The highest BCUT2D eigenvalue weighted by Crippen LogP contribution is 2.33. The summed E-state index contributed by atoms with van der Waals surface area (Å²) >= 11 is 6.73. The molecule has 3 aromatic rings. The van der Waals surface area contributed by atoms with Crippen LogP contribution in [0.5, 0.6) is 5.75 Å². The summed E-state index contributed by atoms with van der Waals surface area (Å²) in [5.41, 5.74) is 3.59. The van der Waals surface area contributed by atoms with E-state index in [1.54, 1.807) is 35.2 Å². The van der Waals surface area contributed by atoms with Gasteiger partial charge in [0.1, 0.15) is 22.5 Å². The topological polar surface area (TPSA) is 29.5 Å². The lowest BCUT2D eigenvalue weighted by molar-refractivity contribution is -0.122. The largest absolute Gasteiger partial charge is 0.489 e. The first-order valence-electron chi connectivity index (χ1n) is 9.77. The predicted octanol–water partition coefficient (Wildman–Crippen LogP) is 6.11. The van der Waals surface area contributed by atoms with Crippen LogP contribution in [0.1, 0.15) is 22.3 Å². The number of benzene rings is 3.